The number of nitrogens with two attached hydrogens (primary N) is 1. The molecular formula is C34H54N2O7. The van der Waals surface area contributed by atoms with Crippen molar-refractivity contribution in [3.8, 4) is 23.0 Å². The van der Waals surface area contributed by atoms with E-state index < -0.39 is 12.1 Å². The first kappa shape index (κ1) is 36.2. The maximum Gasteiger partial charge on any atom is 0.223 e. The summed E-state index contributed by atoms with van der Waals surface area (Å²) < 4.78 is 27.2. The second kappa shape index (κ2) is 18.6. The summed E-state index contributed by atoms with van der Waals surface area (Å²) in [4.78, 5) is 13.2. The van der Waals surface area contributed by atoms with Gasteiger partial charge in [0.05, 0.1) is 34.0 Å². The Morgan fingerprint density at radius 1 is 0.814 bits per heavy atom. The summed E-state index contributed by atoms with van der Waals surface area (Å²) in [7, 11) is 6.48. The predicted molar refractivity (Wildman–Crippen MR) is 170 cm³/mol. The van der Waals surface area contributed by atoms with Crippen LogP contribution >= 0.6 is 0 Å². The van der Waals surface area contributed by atoms with Crippen LogP contribution in [-0.2, 0) is 22.5 Å². The number of hydrogen-bond acceptors (Lipinski definition) is 8. The van der Waals surface area contributed by atoms with Crippen LogP contribution < -0.4 is 30.0 Å². The van der Waals surface area contributed by atoms with E-state index in [9.17, 15) is 9.90 Å². The minimum atomic E-state index is -0.809. The van der Waals surface area contributed by atoms with E-state index in [1.54, 1.807) is 28.4 Å². The van der Waals surface area contributed by atoms with Crippen LogP contribution in [0.5, 0.6) is 23.0 Å². The largest absolute Gasteiger partial charge is 0.493 e. The fourth-order valence-electron chi connectivity index (χ4n) is 5.17. The third-order valence-corrected chi connectivity index (χ3v) is 8.04. The van der Waals surface area contributed by atoms with Crippen molar-refractivity contribution in [1.82, 2.24) is 5.32 Å². The molecule has 0 bridgehead atoms. The van der Waals surface area contributed by atoms with Crippen molar-refractivity contribution in [2.24, 2.45) is 29.4 Å². The maximum absolute atomic E-state index is 13.2. The van der Waals surface area contributed by atoms with Crippen molar-refractivity contribution in [2.45, 2.75) is 72.1 Å². The molecule has 0 fully saturated rings. The Bertz CT molecular complexity index is 1110. The molecule has 0 spiro atoms. The van der Waals surface area contributed by atoms with Gasteiger partial charge in [0.25, 0.3) is 0 Å². The molecule has 242 valence electrons. The first-order chi connectivity index (χ1) is 20.5. The number of benzene rings is 2. The molecule has 0 aromatic heterocycles. The minimum Gasteiger partial charge on any atom is -0.493 e. The zero-order valence-corrected chi connectivity index (χ0v) is 27.4. The molecule has 2 rings (SSSR count). The van der Waals surface area contributed by atoms with E-state index in [4.69, 9.17) is 29.4 Å². The Balaban J connectivity index is 2.02. The van der Waals surface area contributed by atoms with E-state index in [0.717, 1.165) is 24.0 Å². The van der Waals surface area contributed by atoms with Crippen LogP contribution in [0.1, 0.15) is 58.1 Å². The van der Waals surface area contributed by atoms with Crippen molar-refractivity contribution in [3.63, 3.8) is 0 Å². The van der Waals surface area contributed by atoms with E-state index in [1.165, 1.54) is 0 Å². The van der Waals surface area contributed by atoms with Crippen LogP contribution in [0.2, 0.25) is 0 Å². The highest BCUT2D eigenvalue weighted by molar-refractivity contribution is 5.79. The van der Waals surface area contributed by atoms with Crippen LogP contribution in [-0.4, -0.2) is 64.8 Å². The highest BCUT2D eigenvalue weighted by atomic mass is 16.5. The van der Waals surface area contributed by atoms with Crippen molar-refractivity contribution >= 4 is 5.91 Å². The summed E-state index contributed by atoms with van der Waals surface area (Å²) in [5.74, 6) is 2.78. The van der Waals surface area contributed by atoms with Gasteiger partial charge in [0, 0.05) is 38.6 Å². The fourth-order valence-corrected chi connectivity index (χ4v) is 5.17. The lowest BCUT2D eigenvalue weighted by atomic mass is 9.81. The van der Waals surface area contributed by atoms with E-state index in [-0.39, 0.29) is 23.7 Å². The second-order valence-corrected chi connectivity index (χ2v) is 11.8. The molecule has 0 aliphatic rings. The minimum absolute atomic E-state index is 0.0368. The second-order valence-electron chi connectivity index (χ2n) is 11.8. The quantitative estimate of drug-likeness (QED) is 0.181. The Kier molecular flexibility index (Phi) is 15.7. The zero-order valence-electron chi connectivity index (χ0n) is 27.4. The number of carbonyl (C=O) groups is 1. The fraction of sp³-hybridized carbons (Fsp3) is 0.618. The zero-order chi connectivity index (χ0) is 31.9. The molecule has 2 aromatic carbocycles. The molecule has 0 saturated carbocycles. The van der Waals surface area contributed by atoms with Crippen LogP contribution in [0.3, 0.4) is 0 Å². The van der Waals surface area contributed by atoms with E-state index in [0.29, 0.717) is 61.5 Å². The summed E-state index contributed by atoms with van der Waals surface area (Å²) in [6.45, 7) is 9.86. The van der Waals surface area contributed by atoms with Crippen molar-refractivity contribution in [3.05, 3.63) is 47.5 Å². The third-order valence-electron chi connectivity index (χ3n) is 8.04. The van der Waals surface area contributed by atoms with Gasteiger partial charge in [-0.2, -0.15) is 0 Å². The lowest BCUT2D eigenvalue weighted by Crippen LogP contribution is -2.42. The first-order valence-corrected chi connectivity index (χ1v) is 15.2. The molecule has 0 aliphatic carbocycles. The van der Waals surface area contributed by atoms with Gasteiger partial charge in [-0.1, -0.05) is 39.8 Å². The molecule has 1 amide bonds. The van der Waals surface area contributed by atoms with Crippen molar-refractivity contribution in [1.29, 1.82) is 0 Å². The Morgan fingerprint density at radius 3 is 2.00 bits per heavy atom. The number of amides is 1. The molecule has 4 N–H and O–H groups in total. The lowest BCUT2D eigenvalue weighted by molar-refractivity contribution is -0.127. The number of nitrogens with one attached hydrogen (secondary N) is 1. The van der Waals surface area contributed by atoms with E-state index >= 15 is 0 Å². The highest BCUT2D eigenvalue weighted by Crippen LogP contribution is 2.32. The van der Waals surface area contributed by atoms with Gasteiger partial charge in [0.2, 0.25) is 5.91 Å². The number of carbonyl (C=O) groups excluding carboxylic acids is 1. The van der Waals surface area contributed by atoms with Gasteiger partial charge in [0.15, 0.2) is 23.0 Å². The van der Waals surface area contributed by atoms with Gasteiger partial charge in [0.1, 0.15) is 0 Å². The molecule has 0 heterocycles. The average Bonchev–Trinajstić information content (AvgIpc) is 2.99. The summed E-state index contributed by atoms with van der Waals surface area (Å²) in [6, 6.07) is 11.1. The van der Waals surface area contributed by atoms with Gasteiger partial charge in [-0.05, 0) is 72.4 Å². The first-order valence-electron chi connectivity index (χ1n) is 15.2. The molecule has 0 aliphatic heterocycles. The number of aliphatic hydroxyl groups excluding tert-OH is 1. The van der Waals surface area contributed by atoms with Crippen LogP contribution in [0.4, 0.5) is 0 Å². The highest BCUT2D eigenvalue weighted by Gasteiger charge is 2.30. The molecule has 9 nitrogen and oxygen atoms in total. The van der Waals surface area contributed by atoms with E-state index in [1.807, 2.05) is 44.2 Å². The van der Waals surface area contributed by atoms with Crippen LogP contribution in [0.15, 0.2) is 36.4 Å². The SMILES string of the molecule is COCCCOc1cc(C[C@@H](C[C@H](N)[C@@H](O)C[C@H](C(=O)NCc2ccc(OC)c(OC)c2)C(C)C)C(C)C)ccc1OC. The summed E-state index contributed by atoms with van der Waals surface area (Å²) in [5.41, 5.74) is 8.61. The van der Waals surface area contributed by atoms with Crippen molar-refractivity contribution in [2.75, 3.05) is 41.7 Å². The number of hydrogen-bond donors (Lipinski definition) is 3. The summed E-state index contributed by atoms with van der Waals surface area (Å²) in [5, 5.41) is 14.2. The molecule has 2 aromatic rings. The number of ether oxygens (including phenoxy) is 5. The van der Waals surface area contributed by atoms with Crippen LogP contribution in [0, 0.1) is 23.7 Å². The number of rotatable bonds is 20. The van der Waals surface area contributed by atoms with E-state index in [2.05, 4.69) is 25.2 Å². The summed E-state index contributed by atoms with van der Waals surface area (Å²) in [6.07, 6.45) is 1.69. The normalized spacial score (nSPS) is 14.2. The molecule has 0 saturated heterocycles. The number of methoxy groups -OCH3 is 4. The molecule has 4 atom stereocenters. The molecular weight excluding hydrogens is 548 g/mol. The lowest BCUT2D eigenvalue weighted by Gasteiger charge is -2.30. The molecule has 43 heavy (non-hydrogen) atoms. The Labute approximate surface area is 258 Å². The van der Waals surface area contributed by atoms with Crippen LogP contribution in [0.25, 0.3) is 0 Å². The van der Waals surface area contributed by atoms with Gasteiger partial charge >= 0.3 is 0 Å². The molecule has 0 radical (unpaired) electrons. The topological polar surface area (TPSA) is 122 Å². The standard InChI is InChI=1S/C34H54N2O7/c1-22(2)26(16-24-10-12-31(41-7)33(17-24)43-15-9-14-39-5)19-28(35)29(37)20-27(23(3)4)34(38)36-21-25-11-13-30(40-6)32(18-25)42-8/h10-13,17-18,22-23,26-29,37H,9,14-16,19-21,35H2,1-8H3,(H,36,38)/t26-,27-,28-,29-/m0/s1. The van der Waals surface area contributed by atoms with Gasteiger partial charge in [-0.25, -0.2) is 0 Å². The average molecular weight is 603 g/mol. The Morgan fingerprint density at radius 2 is 1.42 bits per heavy atom. The smallest absolute Gasteiger partial charge is 0.223 e. The van der Waals surface area contributed by atoms with Crippen molar-refractivity contribution < 1.29 is 33.6 Å². The Hall–Kier alpha value is -3.01. The molecule has 0 unspecified atom stereocenters. The predicted octanol–water partition coefficient (Wildman–Crippen LogP) is 5.00. The molecule has 9 heteroatoms. The maximum atomic E-state index is 13.2. The number of aliphatic hydroxyl groups is 1. The van der Waals surface area contributed by atoms with Gasteiger partial charge < -0.3 is 39.8 Å². The third kappa shape index (κ3) is 11.5. The van der Waals surface area contributed by atoms with Gasteiger partial charge in [-0.15, -0.1) is 0 Å². The summed E-state index contributed by atoms with van der Waals surface area (Å²) >= 11 is 0. The van der Waals surface area contributed by atoms with Gasteiger partial charge in [-0.3, -0.25) is 4.79 Å². The monoisotopic (exact) mass is 602 g/mol.